The standard InChI is InChI=1S/C32H38FN3O5S/c1-3-41-29-17-15-28(16-18-29)36(42(39,40)30-19-13-26(33)14-20-30)23-31(37)35(22-21-25-9-5-4-6-10-25)24(2)32(38)34-27-11-7-8-12-27/h4-6,9-10,13-20,24,27H,3,7-8,11-12,21-23H2,1-2H3,(H,34,38)/t24-/m1/s1. The molecule has 42 heavy (non-hydrogen) atoms. The average molecular weight is 596 g/mol. The van der Waals surface area contributed by atoms with Gasteiger partial charge in [0.25, 0.3) is 10.0 Å². The predicted octanol–water partition coefficient (Wildman–Crippen LogP) is 4.94. The molecule has 3 aromatic carbocycles. The summed E-state index contributed by atoms with van der Waals surface area (Å²) in [6, 6.07) is 19.7. The highest BCUT2D eigenvalue weighted by molar-refractivity contribution is 7.92. The van der Waals surface area contributed by atoms with E-state index in [1.165, 1.54) is 17.0 Å². The van der Waals surface area contributed by atoms with Crippen molar-refractivity contribution in [1.82, 2.24) is 10.2 Å². The highest BCUT2D eigenvalue weighted by atomic mass is 32.2. The first-order valence-electron chi connectivity index (χ1n) is 14.3. The Morgan fingerprint density at radius 2 is 1.62 bits per heavy atom. The maximum Gasteiger partial charge on any atom is 0.264 e. The van der Waals surface area contributed by atoms with Crippen LogP contribution in [0.15, 0.2) is 83.8 Å². The van der Waals surface area contributed by atoms with Gasteiger partial charge in [0.1, 0.15) is 24.2 Å². The van der Waals surface area contributed by atoms with Crippen molar-refractivity contribution < 1.29 is 27.1 Å². The van der Waals surface area contributed by atoms with E-state index in [0.29, 0.717) is 18.8 Å². The van der Waals surface area contributed by atoms with Gasteiger partial charge in [0, 0.05) is 12.6 Å². The predicted molar refractivity (Wildman–Crippen MR) is 160 cm³/mol. The molecule has 1 atom stereocenters. The van der Waals surface area contributed by atoms with Crippen LogP contribution in [0, 0.1) is 5.82 Å². The zero-order valence-corrected chi connectivity index (χ0v) is 24.9. The van der Waals surface area contributed by atoms with Crippen LogP contribution in [0.3, 0.4) is 0 Å². The second-order valence-corrected chi connectivity index (χ2v) is 12.2. The van der Waals surface area contributed by atoms with Gasteiger partial charge in [0.15, 0.2) is 0 Å². The van der Waals surface area contributed by atoms with Gasteiger partial charge < -0.3 is 15.0 Å². The summed E-state index contributed by atoms with van der Waals surface area (Å²) in [6.45, 7) is 3.61. The fraction of sp³-hybridized carbons (Fsp3) is 0.375. The van der Waals surface area contributed by atoms with Crippen molar-refractivity contribution in [2.75, 3.05) is 24.0 Å². The SMILES string of the molecule is CCOc1ccc(N(CC(=O)N(CCc2ccccc2)[C@H](C)C(=O)NC2CCCC2)S(=O)(=O)c2ccc(F)cc2)cc1. The topological polar surface area (TPSA) is 96.0 Å². The van der Waals surface area contributed by atoms with E-state index in [4.69, 9.17) is 4.74 Å². The molecule has 3 aromatic rings. The Balaban J connectivity index is 1.64. The van der Waals surface area contributed by atoms with E-state index in [9.17, 15) is 22.4 Å². The van der Waals surface area contributed by atoms with Crippen molar-refractivity contribution in [3.8, 4) is 5.75 Å². The van der Waals surface area contributed by atoms with Gasteiger partial charge >= 0.3 is 0 Å². The largest absolute Gasteiger partial charge is 0.494 e. The lowest BCUT2D eigenvalue weighted by atomic mass is 10.1. The fourth-order valence-corrected chi connectivity index (χ4v) is 6.51. The van der Waals surface area contributed by atoms with Crippen LogP contribution >= 0.6 is 0 Å². The molecule has 8 nitrogen and oxygen atoms in total. The molecule has 0 aliphatic heterocycles. The first-order valence-corrected chi connectivity index (χ1v) is 15.8. The van der Waals surface area contributed by atoms with Crippen molar-refractivity contribution in [2.45, 2.75) is 62.9 Å². The monoisotopic (exact) mass is 595 g/mol. The highest BCUT2D eigenvalue weighted by Gasteiger charge is 2.33. The first-order chi connectivity index (χ1) is 20.2. The van der Waals surface area contributed by atoms with Gasteiger partial charge in [-0.2, -0.15) is 0 Å². The molecule has 0 aromatic heterocycles. The molecular formula is C32H38FN3O5S. The second-order valence-electron chi connectivity index (χ2n) is 10.4. The van der Waals surface area contributed by atoms with Crippen LogP contribution in [0.4, 0.5) is 10.1 Å². The van der Waals surface area contributed by atoms with Crippen LogP contribution in [-0.4, -0.2) is 56.9 Å². The minimum atomic E-state index is -4.28. The van der Waals surface area contributed by atoms with Gasteiger partial charge in [0.2, 0.25) is 11.8 Å². The van der Waals surface area contributed by atoms with E-state index in [2.05, 4.69) is 5.32 Å². The first kappa shape index (κ1) is 31.0. The number of hydrogen-bond donors (Lipinski definition) is 1. The Hall–Kier alpha value is -3.92. The third kappa shape index (κ3) is 7.88. The van der Waals surface area contributed by atoms with Crippen LogP contribution < -0.4 is 14.4 Å². The van der Waals surface area contributed by atoms with Gasteiger partial charge in [-0.3, -0.25) is 13.9 Å². The van der Waals surface area contributed by atoms with Gasteiger partial charge in [-0.1, -0.05) is 43.2 Å². The van der Waals surface area contributed by atoms with Gasteiger partial charge in [0.05, 0.1) is 17.2 Å². The van der Waals surface area contributed by atoms with E-state index in [1.807, 2.05) is 37.3 Å². The van der Waals surface area contributed by atoms with Crippen LogP contribution in [0.2, 0.25) is 0 Å². The molecule has 224 valence electrons. The molecule has 1 aliphatic rings. The number of amides is 2. The fourth-order valence-electron chi connectivity index (χ4n) is 5.10. The van der Waals surface area contributed by atoms with E-state index in [1.54, 1.807) is 31.2 Å². The summed E-state index contributed by atoms with van der Waals surface area (Å²) in [7, 11) is -4.28. The minimum absolute atomic E-state index is 0.0743. The van der Waals surface area contributed by atoms with Gasteiger partial charge in [-0.05, 0) is 87.2 Å². The Bertz CT molecular complexity index is 1430. The summed E-state index contributed by atoms with van der Waals surface area (Å²) in [5.41, 5.74) is 1.23. The molecule has 0 saturated heterocycles. The van der Waals surface area contributed by atoms with Gasteiger partial charge in [-0.25, -0.2) is 12.8 Å². The Kier molecular flexibility index (Phi) is 10.6. The van der Waals surface area contributed by atoms with E-state index < -0.39 is 34.3 Å². The summed E-state index contributed by atoms with van der Waals surface area (Å²) in [5, 5.41) is 3.06. The number of benzene rings is 3. The molecule has 1 N–H and O–H groups in total. The Labute approximate surface area is 247 Å². The molecular weight excluding hydrogens is 557 g/mol. The number of halogens is 1. The molecule has 2 amide bonds. The van der Waals surface area contributed by atoms with Gasteiger partial charge in [-0.15, -0.1) is 0 Å². The normalized spacial score (nSPS) is 14.3. The summed E-state index contributed by atoms with van der Waals surface area (Å²) >= 11 is 0. The third-order valence-electron chi connectivity index (χ3n) is 7.47. The molecule has 1 saturated carbocycles. The zero-order valence-electron chi connectivity index (χ0n) is 24.0. The number of carbonyl (C=O) groups excluding carboxylic acids is 2. The van der Waals surface area contributed by atoms with E-state index in [0.717, 1.165) is 47.7 Å². The van der Waals surface area contributed by atoms with Crippen LogP contribution in [-0.2, 0) is 26.0 Å². The number of carbonyl (C=O) groups is 2. The highest BCUT2D eigenvalue weighted by Crippen LogP contribution is 2.27. The smallest absolute Gasteiger partial charge is 0.264 e. The molecule has 0 bridgehead atoms. The maximum absolute atomic E-state index is 14.0. The molecule has 0 heterocycles. The zero-order chi connectivity index (χ0) is 30.1. The lowest BCUT2D eigenvalue weighted by molar-refractivity contribution is -0.139. The van der Waals surface area contributed by atoms with Crippen LogP contribution in [0.25, 0.3) is 0 Å². The number of ether oxygens (including phenoxy) is 1. The summed E-state index contributed by atoms with van der Waals surface area (Å²) in [6.07, 6.45) is 4.39. The Morgan fingerprint density at radius 1 is 0.976 bits per heavy atom. The quantitative estimate of drug-likeness (QED) is 0.302. The lowest BCUT2D eigenvalue weighted by Gasteiger charge is -2.32. The molecule has 0 unspecified atom stereocenters. The molecule has 4 rings (SSSR count). The second kappa shape index (κ2) is 14.3. The minimum Gasteiger partial charge on any atom is -0.494 e. The Morgan fingerprint density at radius 3 is 2.24 bits per heavy atom. The summed E-state index contributed by atoms with van der Waals surface area (Å²) in [5.74, 6) is -0.822. The molecule has 10 heteroatoms. The molecule has 1 fully saturated rings. The molecule has 1 aliphatic carbocycles. The van der Waals surface area contributed by atoms with Crippen LogP contribution in [0.1, 0.15) is 45.1 Å². The van der Waals surface area contributed by atoms with Crippen molar-refractivity contribution in [1.29, 1.82) is 0 Å². The lowest BCUT2D eigenvalue weighted by Crippen LogP contribution is -2.53. The van der Waals surface area contributed by atoms with Crippen molar-refractivity contribution in [3.63, 3.8) is 0 Å². The number of anilines is 1. The third-order valence-corrected chi connectivity index (χ3v) is 9.26. The van der Waals surface area contributed by atoms with Crippen molar-refractivity contribution in [3.05, 3.63) is 90.2 Å². The maximum atomic E-state index is 14.0. The van der Waals surface area contributed by atoms with Crippen molar-refractivity contribution >= 4 is 27.5 Å². The van der Waals surface area contributed by atoms with Crippen molar-refractivity contribution in [2.24, 2.45) is 0 Å². The molecule has 0 spiro atoms. The molecule has 0 radical (unpaired) electrons. The average Bonchev–Trinajstić information content (AvgIpc) is 3.50. The van der Waals surface area contributed by atoms with E-state index in [-0.39, 0.29) is 29.1 Å². The number of nitrogens with one attached hydrogen (secondary N) is 1. The number of sulfonamides is 1. The number of nitrogens with zero attached hydrogens (tertiary/aromatic N) is 2. The summed E-state index contributed by atoms with van der Waals surface area (Å²) < 4.78 is 47.8. The number of hydrogen-bond acceptors (Lipinski definition) is 5. The summed E-state index contributed by atoms with van der Waals surface area (Å²) in [4.78, 5) is 28.5. The van der Waals surface area contributed by atoms with Crippen LogP contribution in [0.5, 0.6) is 5.75 Å². The number of rotatable bonds is 13. The van der Waals surface area contributed by atoms with E-state index >= 15 is 0 Å².